The topological polar surface area (TPSA) is 81.2 Å². The second-order valence-corrected chi connectivity index (χ2v) is 7.38. The summed E-state index contributed by atoms with van der Waals surface area (Å²) in [5, 5.41) is 4.35. The summed E-state index contributed by atoms with van der Waals surface area (Å²) >= 11 is 13.5. The van der Waals surface area contributed by atoms with Gasteiger partial charge in [0, 0.05) is 33.7 Å². The minimum atomic E-state index is -0.515. The summed E-state index contributed by atoms with van der Waals surface area (Å²) < 4.78 is 4.59. The summed E-state index contributed by atoms with van der Waals surface area (Å²) in [4.78, 5) is 32.8. The molecule has 0 fully saturated rings. The van der Waals surface area contributed by atoms with E-state index in [0.717, 1.165) is 10.4 Å². The number of hydrogen-bond acceptors (Lipinski definition) is 6. The molecular formula is C18H13Cl2N3O3S. The van der Waals surface area contributed by atoms with Crippen molar-refractivity contribution >= 4 is 51.5 Å². The van der Waals surface area contributed by atoms with Crippen LogP contribution in [0.3, 0.4) is 0 Å². The van der Waals surface area contributed by atoms with E-state index in [9.17, 15) is 9.59 Å². The molecule has 0 spiro atoms. The Balaban J connectivity index is 1.67. The first kappa shape index (κ1) is 19.3. The molecule has 3 aromatic rings. The molecule has 3 rings (SSSR count). The van der Waals surface area contributed by atoms with E-state index < -0.39 is 11.9 Å². The predicted molar refractivity (Wildman–Crippen MR) is 105 cm³/mol. The van der Waals surface area contributed by atoms with Crippen LogP contribution < -0.4 is 5.32 Å². The molecule has 2 aromatic heterocycles. The molecule has 0 aliphatic rings. The monoisotopic (exact) mass is 421 g/mol. The molecule has 27 heavy (non-hydrogen) atoms. The molecule has 0 saturated heterocycles. The molecular weight excluding hydrogens is 409 g/mol. The molecule has 0 radical (unpaired) electrons. The maximum absolute atomic E-state index is 12.3. The van der Waals surface area contributed by atoms with Crippen LogP contribution in [0.5, 0.6) is 0 Å². The van der Waals surface area contributed by atoms with Gasteiger partial charge in [-0.05, 0) is 35.9 Å². The van der Waals surface area contributed by atoms with Crippen LogP contribution in [0, 0.1) is 0 Å². The van der Waals surface area contributed by atoms with Crippen LogP contribution in [-0.4, -0.2) is 29.0 Å². The number of halogens is 2. The Hall–Kier alpha value is -2.48. The third-order valence-corrected chi connectivity index (χ3v) is 5.08. The summed E-state index contributed by atoms with van der Waals surface area (Å²) in [5.41, 5.74) is 1.31. The van der Waals surface area contributed by atoms with E-state index in [1.165, 1.54) is 36.8 Å². The minimum Gasteiger partial charge on any atom is -0.465 e. The van der Waals surface area contributed by atoms with Gasteiger partial charge in [0.05, 0.1) is 12.7 Å². The van der Waals surface area contributed by atoms with Crippen molar-refractivity contribution in [3.63, 3.8) is 0 Å². The largest absolute Gasteiger partial charge is 0.465 e. The van der Waals surface area contributed by atoms with Gasteiger partial charge in [-0.25, -0.2) is 9.78 Å². The molecule has 0 aliphatic heterocycles. The van der Waals surface area contributed by atoms with Gasteiger partial charge in [0.15, 0.2) is 5.13 Å². The highest BCUT2D eigenvalue weighted by Crippen LogP contribution is 2.27. The van der Waals surface area contributed by atoms with E-state index in [1.54, 1.807) is 24.4 Å². The molecule has 6 nitrogen and oxygen atoms in total. The van der Waals surface area contributed by atoms with Gasteiger partial charge in [0.1, 0.15) is 5.69 Å². The number of ether oxygens (including phenoxy) is 1. The fraction of sp³-hybridized carbons (Fsp3) is 0.111. The second kappa shape index (κ2) is 8.47. The average molecular weight is 422 g/mol. The van der Waals surface area contributed by atoms with E-state index in [0.29, 0.717) is 21.6 Å². The summed E-state index contributed by atoms with van der Waals surface area (Å²) in [6, 6.07) is 8.19. The summed E-state index contributed by atoms with van der Waals surface area (Å²) in [5.74, 6) is -0.938. The van der Waals surface area contributed by atoms with Crippen LogP contribution in [-0.2, 0) is 11.2 Å². The number of hydrogen-bond donors (Lipinski definition) is 1. The lowest BCUT2D eigenvalue weighted by Gasteiger charge is -2.03. The molecule has 138 valence electrons. The normalized spacial score (nSPS) is 10.5. The molecule has 0 bridgehead atoms. The molecule has 0 saturated carbocycles. The second-order valence-electron chi connectivity index (χ2n) is 5.42. The van der Waals surface area contributed by atoms with Crippen LogP contribution in [0.25, 0.3) is 0 Å². The van der Waals surface area contributed by atoms with Crippen molar-refractivity contribution in [1.29, 1.82) is 0 Å². The van der Waals surface area contributed by atoms with E-state index in [1.807, 2.05) is 0 Å². The van der Waals surface area contributed by atoms with Crippen molar-refractivity contribution < 1.29 is 14.3 Å². The van der Waals surface area contributed by atoms with E-state index >= 15 is 0 Å². The number of carbonyl (C=O) groups is 2. The molecule has 1 amide bonds. The highest BCUT2D eigenvalue weighted by molar-refractivity contribution is 7.15. The van der Waals surface area contributed by atoms with E-state index in [4.69, 9.17) is 23.2 Å². The number of anilines is 1. The SMILES string of the molecule is COC(=O)c1ccc(C(=O)Nc2ncc(Cc3cc(Cl)ccc3Cl)s2)nc1. The lowest BCUT2D eigenvalue weighted by molar-refractivity contribution is 0.0600. The Morgan fingerprint density at radius 2 is 1.96 bits per heavy atom. The predicted octanol–water partition coefficient (Wildman–Crippen LogP) is 4.47. The number of rotatable bonds is 5. The molecule has 2 heterocycles. The van der Waals surface area contributed by atoms with E-state index in [2.05, 4.69) is 20.0 Å². The highest BCUT2D eigenvalue weighted by atomic mass is 35.5. The van der Waals surface area contributed by atoms with Crippen LogP contribution in [0.1, 0.15) is 31.3 Å². The zero-order valence-electron chi connectivity index (χ0n) is 14.0. The molecule has 0 unspecified atom stereocenters. The van der Waals surface area contributed by atoms with Crippen LogP contribution >= 0.6 is 34.5 Å². The Morgan fingerprint density at radius 3 is 2.67 bits per heavy atom. The molecule has 1 aromatic carbocycles. The smallest absolute Gasteiger partial charge is 0.339 e. The molecule has 1 N–H and O–H groups in total. The number of methoxy groups -OCH3 is 1. The Morgan fingerprint density at radius 1 is 1.15 bits per heavy atom. The molecule has 9 heteroatoms. The van der Waals surface area contributed by atoms with Gasteiger partial charge in [-0.15, -0.1) is 11.3 Å². The first-order chi connectivity index (χ1) is 13.0. The van der Waals surface area contributed by atoms with Crippen molar-refractivity contribution in [3.8, 4) is 0 Å². The van der Waals surface area contributed by atoms with Gasteiger partial charge in [-0.2, -0.15) is 0 Å². The lowest BCUT2D eigenvalue weighted by Crippen LogP contribution is -2.14. The zero-order chi connectivity index (χ0) is 19.4. The number of carbonyl (C=O) groups excluding carboxylic acids is 2. The summed E-state index contributed by atoms with van der Waals surface area (Å²) in [6.45, 7) is 0. The van der Waals surface area contributed by atoms with Gasteiger partial charge in [-0.3, -0.25) is 15.1 Å². The van der Waals surface area contributed by atoms with Gasteiger partial charge in [0.25, 0.3) is 5.91 Å². The fourth-order valence-corrected chi connectivity index (χ4v) is 3.45. The summed E-state index contributed by atoms with van der Waals surface area (Å²) in [7, 11) is 1.28. The Labute approximate surface area is 169 Å². The van der Waals surface area contributed by atoms with Crippen molar-refractivity contribution in [2.24, 2.45) is 0 Å². The zero-order valence-corrected chi connectivity index (χ0v) is 16.4. The number of amides is 1. The first-order valence-electron chi connectivity index (χ1n) is 7.70. The third kappa shape index (κ3) is 4.82. The van der Waals surface area contributed by atoms with E-state index in [-0.39, 0.29) is 11.3 Å². The van der Waals surface area contributed by atoms with Gasteiger partial charge < -0.3 is 4.74 Å². The highest BCUT2D eigenvalue weighted by Gasteiger charge is 2.13. The number of nitrogens with zero attached hydrogens (tertiary/aromatic N) is 2. The Kier molecular flexibility index (Phi) is 6.05. The van der Waals surface area contributed by atoms with Gasteiger partial charge in [0.2, 0.25) is 0 Å². The van der Waals surface area contributed by atoms with Crippen molar-refractivity contribution in [3.05, 3.63) is 74.5 Å². The number of pyridine rings is 1. The number of benzene rings is 1. The van der Waals surface area contributed by atoms with Crippen molar-refractivity contribution in [2.75, 3.05) is 12.4 Å². The van der Waals surface area contributed by atoms with Crippen LogP contribution in [0.15, 0.2) is 42.7 Å². The van der Waals surface area contributed by atoms with Crippen molar-refractivity contribution in [1.82, 2.24) is 9.97 Å². The van der Waals surface area contributed by atoms with Crippen LogP contribution in [0.2, 0.25) is 10.0 Å². The van der Waals surface area contributed by atoms with Crippen LogP contribution in [0.4, 0.5) is 5.13 Å². The number of nitrogens with one attached hydrogen (secondary N) is 1. The average Bonchev–Trinajstić information content (AvgIpc) is 3.11. The number of aromatic nitrogens is 2. The fourth-order valence-electron chi connectivity index (χ4n) is 2.24. The standard InChI is InChI=1S/C18H13Cl2N3O3S/c1-26-17(25)10-2-5-15(21-8-10)16(24)23-18-22-9-13(27-18)7-11-6-12(19)3-4-14(11)20/h2-6,8-9H,7H2,1H3,(H,22,23,24). The number of esters is 1. The molecule has 0 atom stereocenters. The van der Waals surface area contributed by atoms with Crippen molar-refractivity contribution in [2.45, 2.75) is 6.42 Å². The Bertz CT molecular complexity index is 990. The maximum Gasteiger partial charge on any atom is 0.339 e. The quantitative estimate of drug-likeness (QED) is 0.614. The lowest BCUT2D eigenvalue weighted by atomic mass is 10.1. The van der Waals surface area contributed by atoms with Gasteiger partial charge >= 0.3 is 5.97 Å². The molecule has 0 aliphatic carbocycles. The number of thiazole rings is 1. The third-order valence-electron chi connectivity index (χ3n) is 3.56. The summed E-state index contributed by atoms with van der Waals surface area (Å²) in [6.07, 6.45) is 3.51. The minimum absolute atomic E-state index is 0.164. The first-order valence-corrected chi connectivity index (χ1v) is 9.28. The maximum atomic E-state index is 12.3. The van der Waals surface area contributed by atoms with Gasteiger partial charge in [-0.1, -0.05) is 23.2 Å².